The number of allylic oxidation sites excluding steroid dienone is 2. The Hall–Kier alpha value is -0.110. The van der Waals surface area contributed by atoms with E-state index in [1.807, 2.05) is 10.5 Å². The molecule has 4 aliphatic heterocycles. The maximum atomic E-state index is 6.85. The van der Waals surface area contributed by atoms with Crippen LogP contribution in [-0.2, 0) is 0 Å². The highest BCUT2D eigenvalue weighted by molar-refractivity contribution is 8.04. The number of nitrogens with one attached hydrogen (secondary N) is 3. The zero-order valence-electron chi connectivity index (χ0n) is 28.3. The molecule has 4 heterocycles. The van der Waals surface area contributed by atoms with E-state index in [2.05, 4.69) is 32.6 Å². The van der Waals surface area contributed by atoms with Gasteiger partial charge in [-0.2, -0.15) is 0 Å². The van der Waals surface area contributed by atoms with E-state index >= 15 is 0 Å². The molecule has 0 bridgehead atoms. The molecule has 13 atom stereocenters. The number of likely N-dealkylation sites (tertiary alicyclic amines) is 1. The second-order valence-corrected chi connectivity index (χ2v) is 18.8. The van der Waals surface area contributed by atoms with E-state index < -0.39 is 0 Å². The summed E-state index contributed by atoms with van der Waals surface area (Å²) < 4.78 is 0. The summed E-state index contributed by atoms with van der Waals surface area (Å²) in [7, 11) is 0. The van der Waals surface area contributed by atoms with Gasteiger partial charge in [0.05, 0.1) is 12.3 Å². The van der Waals surface area contributed by atoms with Crippen molar-refractivity contribution in [3.8, 4) is 0 Å². The molecule has 0 aromatic rings. The van der Waals surface area contributed by atoms with Crippen LogP contribution in [-0.4, -0.2) is 59.2 Å². The quantitative estimate of drug-likeness (QED) is 0.261. The molecular formula is C39H65N5S. The van der Waals surface area contributed by atoms with Crippen LogP contribution in [0.2, 0.25) is 0 Å². The summed E-state index contributed by atoms with van der Waals surface area (Å²) in [5.41, 5.74) is 8.79. The van der Waals surface area contributed by atoms with Crippen LogP contribution >= 0.6 is 11.8 Å². The average Bonchev–Trinajstić information content (AvgIpc) is 3.65. The minimum atomic E-state index is 0.217. The molecule has 0 spiro atoms. The van der Waals surface area contributed by atoms with Gasteiger partial charge in [0.25, 0.3) is 0 Å². The highest BCUT2D eigenvalue weighted by Gasteiger charge is 2.55. The van der Waals surface area contributed by atoms with E-state index in [9.17, 15) is 0 Å². The third-order valence-corrected chi connectivity index (χ3v) is 17.1. The molecule has 5 N–H and O–H groups in total. The third-order valence-electron chi connectivity index (χ3n) is 15.4. The summed E-state index contributed by atoms with van der Waals surface area (Å²) in [5, 5.41) is 13.4. The maximum absolute atomic E-state index is 6.85. The smallest absolute Gasteiger partial charge is 0.0605 e. The molecule has 5 nitrogen and oxygen atoms in total. The van der Waals surface area contributed by atoms with Gasteiger partial charge in [0.1, 0.15) is 0 Å². The molecule has 13 unspecified atom stereocenters. The van der Waals surface area contributed by atoms with Gasteiger partial charge in [-0.1, -0.05) is 50.5 Å². The summed E-state index contributed by atoms with van der Waals surface area (Å²) >= 11 is 2.39. The lowest BCUT2D eigenvalue weighted by Gasteiger charge is -2.51. The predicted octanol–water partition coefficient (Wildman–Crippen LogP) is 7.27. The SMILES string of the molecule is NC1NCCC2C1C1CCCCC1N2C1CCCC(C2CC(C3CCCC4C5=C(CCCC5)SC43)NC(C3CCCCC3)N2)C1. The number of hydrogen-bond donors (Lipinski definition) is 4. The van der Waals surface area contributed by atoms with Crippen molar-refractivity contribution in [1.29, 1.82) is 0 Å². The zero-order chi connectivity index (χ0) is 29.9. The summed E-state index contributed by atoms with van der Waals surface area (Å²) in [6, 6.07) is 3.75. The van der Waals surface area contributed by atoms with Crippen LogP contribution in [0, 0.1) is 35.5 Å². The van der Waals surface area contributed by atoms with Crippen LogP contribution in [0.5, 0.6) is 0 Å². The van der Waals surface area contributed by atoms with Crippen LogP contribution < -0.4 is 21.7 Å². The van der Waals surface area contributed by atoms with Crippen molar-refractivity contribution >= 4 is 11.8 Å². The largest absolute Gasteiger partial charge is 0.316 e. The number of nitrogens with zero attached hydrogens (tertiary/aromatic N) is 1. The first-order valence-corrected chi connectivity index (χ1v) is 21.3. The van der Waals surface area contributed by atoms with Crippen molar-refractivity contribution in [1.82, 2.24) is 20.9 Å². The van der Waals surface area contributed by atoms with E-state index in [0.717, 1.165) is 59.5 Å². The van der Waals surface area contributed by atoms with Gasteiger partial charge in [-0.25, -0.2) is 0 Å². The van der Waals surface area contributed by atoms with Gasteiger partial charge in [-0.05, 0) is 137 Å². The summed E-state index contributed by atoms with van der Waals surface area (Å²) in [6.45, 7) is 1.12. The van der Waals surface area contributed by atoms with E-state index in [1.54, 1.807) is 0 Å². The fraction of sp³-hybridized carbons (Fsp3) is 0.949. The molecule has 45 heavy (non-hydrogen) atoms. The number of thioether (sulfide) groups is 1. The fourth-order valence-electron chi connectivity index (χ4n) is 13.5. The van der Waals surface area contributed by atoms with Crippen LogP contribution in [0.4, 0.5) is 0 Å². The highest BCUT2D eigenvalue weighted by Crippen LogP contribution is 2.57. The molecule has 0 aromatic carbocycles. The van der Waals surface area contributed by atoms with Crippen molar-refractivity contribution in [3.05, 3.63) is 10.5 Å². The number of nitrogens with two attached hydrogens (primary N) is 1. The number of fused-ring (bicyclic) bond motifs is 5. The van der Waals surface area contributed by atoms with Crippen LogP contribution in [0.15, 0.2) is 10.5 Å². The number of rotatable bonds is 4. The van der Waals surface area contributed by atoms with Crippen LogP contribution in [0.3, 0.4) is 0 Å². The number of hydrogen-bond acceptors (Lipinski definition) is 6. The van der Waals surface area contributed by atoms with Crippen molar-refractivity contribution in [2.45, 2.75) is 189 Å². The lowest BCUT2D eigenvalue weighted by Crippen LogP contribution is -2.66. The Morgan fingerprint density at radius 3 is 2.36 bits per heavy atom. The van der Waals surface area contributed by atoms with Gasteiger partial charge in [0, 0.05) is 41.4 Å². The molecule has 3 saturated heterocycles. The topological polar surface area (TPSA) is 65.3 Å². The second kappa shape index (κ2) is 13.3. The molecule has 7 fully saturated rings. The Kier molecular flexibility index (Phi) is 9.14. The molecule has 4 saturated carbocycles. The summed E-state index contributed by atoms with van der Waals surface area (Å²) in [6.07, 6.45) is 32.3. The Morgan fingerprint density at radius 2 is 1.42 bits per heavy atom. The zero-order valence-corrected chi connectivity index (χ0v) is 29.1. The van der Waals surface area contributed by atoms with Gasteiger partial charge < -0.3 is 11.1 Å². The molecular weight excluding hydrogens is 571 g/mol. The molecule has 5 aliphatic carbocycles. The van der Waals surface area contributed by atoms with Crippen LogP contribution in [0.1, 0.15) is 141 Å². The Labute approximate surface area is 279 Å². The first kappa shape index (κ1) is 30.9. The monoisotopic (exact) mass is 635 g/mol. The Bertz CT molecular complexity index is 1070. The Balaban J connectivity index is 0.953. The lowest BCUT2D eigenvalue weighted by molar-refractivity contribution is 0.0285. The minimum Gasteiger partial charge on any atom is -0.316 e. The van der Waals surface area contributed by atoms with Gasteiger partial charge in [0.2, 0.25) is 0 Å². The third kappa shape index (κ3) is 5.73. The predicted molar refractivity (Wildman–Crippen MR) is 188 cm³/mol. The Morgan fingerprint density at radius 1 is 0.644 bits per heavy atom. The standard InChI is InChI=1S/C39H65N5S/c40-38-36-30-15-4-6-18-33(30)44(34(36)20-21-41-38)26-13-8-12-25(22-26)31-23-32(43-39(42-31)24-10-2-1-3-11-24)29-17-9-16-28-27-14-5-7-19-35(27)45-37(28)29/h24-26,28-34,36-39,41-43H,1-23,40H2. The highest BCUT2D eigenvalue weighted by atomic mass is 32.2. The van der Waals surface area contributed by atoms with Gasteiger partial charge in [-0.3, -0.25) is 15.5 Å². The molecule has 6 heteroatoms. The average molecular weight is 636 g/mol. The number of piperidine rings is 1. The van der Waals surface area contributed by atoms with Crippen molar-refractivity contribution in [2.75, 3.05) is 6.54 Å². The van der Waals surface area contributed by atoms with Crippen molar-refractivity contribution in [2.24, 2.45) is 41.2 Å². The van der Waals surface area contributed by atoms with E-state index in [4.69, 9.17) is 5.73 Å². The normalized spacial score (nSPS) is 49.7. The molecule has 0 radical (unpaired) electrons. The maximum Gasteiger partial charge on any atom is 0.0605 e. The summed E-state index contributed by atoms with van der Waals surface area (Å²) in [4.78, 5) is 5.02. The van der Waals surface area contributed by atoms with E-state index in [0.29, 0.717) is 24.2 Å². The van der Waals surface area contributed by atoms with E-state index in [1.165, 1.54) is 141 Å². The first-order chi connectivity index (χ1) is 22.2. The molecule has 9 rings (SSSR count). The van der Waals surface area contributed by atoms with Gasteiger partial charge >= 0.3 is 0 Å². The molecule has 0 amide bonds. The lowest BCUT2D eigenvalue weighted by atomic mass is 9.69. The fourth-order valence-corrected chi connectivity index (χ4v) is 15.5. The van der Waals surface area contributed by atoms with Crippen molar-refractivity contribution < 1.29 is 0 Å². The minimum absolute atomic E-state index is 0.217. The second-order valence-electron chi connectivity index (χ2n) is 17.6. The van der Waals surface area contributed by atoms with Crippen molar-refractivity contribution in [3.63, 3.8) is 0 Å². The molecule has 0 aromatic heterocycles. The molecule has 9 aliphatic rings. The van der Waals surface area contributed by atoms with Crippen LogP contribution in [0.25, 0.3) is 0 Å². The van der Waals surface area contributed by atoms with Gasteiger partial charge in [0.15, 0.2) is 0 Å². The molecule has 252 valence electrons. The van der Waals surface area contributed by atoms with Gasteiger partial charge in [-0.15, -0.1) is 11.8 Å². The first-order valence-electron chi connectivity index (χ1n) is 20.4. The summed E-state index contributed by atoms with van der Waals surface area (Å²) in [5.74, 6) is 4.99. The van der Waals surface area contributed by atoms with E-state index in [-0.39, 0.29) is 6.17 Å².